The molecule has 1 saturated heterocycles. The van der Waals surface area contributed by atoms with Crippen LogP contribution in [0.15, 0.2) is 24.3 Å². The maximum Gasteiger partial charge on any atom is 0.317 e. The summed E-state index contributed by atoms with van der Waals surface area (Å²) in [6.45, 7) is 7.02. The van der Waals surface area contributed by atoms with Gasteiger partial charge in [0.2, 0.25) is 0 Å². The average Bonchev–Trinajstić information content (AvgIpc) is 2.65. The predicted octanol–water partition coefficient (Wildman–Crippen LogP) is 2.05. The van der Waals surface area contributed by atoms with Gasteiger partial charge in [-0.25, -0.2) is 0 Å². The zero-order valence-electron chi connectivity index (χ0n) is 16.2. The van der Waals surface area contributed by atoms with Crippen molar-refractivity contribution in [3.8, 4) is 5.75 Å². The summed E-state index contributed by atoms with van der Waals surface area (Å²) in [5, 5.41) is 9.01. The summed E-state index contributed by atoms with van der Waals surface area (Å²) in [7, 11) is 0. The van der Waals surface area contributed by atoms with E-state index in [4.69, 9.17) is 9.84 Å². The number of ketones is 1. The molecule has 0 aromatic heterocycles. The Labute approximate surface area is 159 Å². The van der Waals surface area contributed by atoms with Crippen molar-refractivity contribution in [3.05, 3.63) is 29.8 Å². The van der Waals surface area contributed by atoms with E-state index in [-0.39, 0.29) is 24.3 Å². The number of carbonyl (C=O) groups excluding carboxylic acids is 2. The smallest absolute Gasteiger partial charge is 0.317 e. The monoisotopic (exact) mass is 376 g/mol. The molecule has 1 aliphatic rings. The maximum atomic E-state index is 12.7. The molecule has 27 heavy (non-hydrogen) atoms. The minimum Gasteiger partial charge on any atom is -0.481 e. The fourth-order valence-corrected chi connectivity index (χ4v) is 3.42. The number of hydrogen-bond donors (Lipinski definition) is 1. The van der Waals surface area contributed by atoms with Gasteiger partial charge in [0.05, 0.1) is 6.54 Å². The Balaban J connectivity index is 1.90. The van der Waals surface area contributed by atoms with Crippen LogP contribution in [-0.2, 0) is 9.59 Å². The predicted molar refractivity (Wildman–Crippen MR) is 101 cm³/mol. The lowest BCUT2D eigenvalue weighted by molar-refractivity contribution is -0.142. The minimum absolute atomic E-state index is 0.0289. The summed E-state index contributed by atoms with van der Waals surface area (Å²) in [5.41, 5.74) is 0.547. The highest BCUT2D eigenvalue weighted by atomic mass is 16.5. The van der Waals surface area contributed by atoms with E-state index >= 15 is 0 Å². The van der Waals surface area contributed by atoms with Gasteiger partial charge in [0.25, 0.3) is 5.91 Å². The first-order valence-electron chi connectivity index (χ1n) is 9.34. The molecule has 148 valence electrons. The Morgan fingerprint density at radius 2 is 1.96 bits per heavy atom. The highest BCUT2D eigenvalue weighted by molar-refractivity contribution is 5.94. The van der Waals surface area contributed by atoms with Gasteiger partial charge < -0.3 is 14.7 Å². The van der Waals surface area contributed by atoms with Gasteiger partial charge in [-0.1, -0.05) is 19.1 Å². The number of ether oxygens (including phenoxy) is 1. The number of benzene rings is 1. The molecule has 2 rings (SSSR count). The molecule has 0 aliphatic carbocycles. The molecule has 7 nitrogen and oxygen atoms in total. The standard InChI is InChI=1S/C20H28N2O5/c1-4-21(13-19(24)25)17-8-10-22(11-9-17)20(26)15(3)27-18-7-5-6-16(12-18)14(2)23/h5-7,12,15,17H,4,8-11,13H2,1-3H3,(H,24,25). The molecule has 0 radical (unpaired) electrons. The summed E-state index contributed by atoms with van der Waals surface area (Å²) in [5.74, 6) is -0.478. The molecular formula is C20H28N2O5. The molecule has 1 fully saturated rings. The Kier molecular flexibility index (Phi) is 7.36. The fraction of sp³-hybridized carbons (Fsp3) is 0.550. The number of nitrogens with zero attached hydrogens (tertiary/aromatic N) is 2. The topological polar surface area (TPSA) is 87.2 Å². The van der Waals surface area contributed by atoms with Crippen molar-refractivity contribution in [2.24, 2.45) is 0 Å². The molecule has 1 aliphatic heterocycles. The molecule has 1 heterocycles. The lowest BCUT2D eigenvalue weighted by Gasteiger charge is -2.38. The van der Waals surface area contributed by atoms with Gasteiger partial charge >= 0.3 is 5.97 Å². The van der Waals surface area contributed by atoms with Crippen LogP contribution in [-0.4, -0.2) is 70.9 Å². The van der Waals surface area contributed by atoms with Crippen LogP contribution in [0.2, 0.25) is 0 Å². The lowest BCUT2D eigenvalue weighted by Crippen LogP contribution is -2.50. The van der Waals surface area contributed by atoms with Crippen LogP contribution in [0.3, 0.4) is 0 Å². The van der Waals surface area contributed by atoms with Crippen LogP contribution in [0.4, 0.5) is 0 Å². The molecule has 1 unspecified atom stereocenters. The van der Waals surface area contributed by atoms with Crippen molar-refractivity contribution < 1.29 is 24.2 Å². The third kappa shape index (κ3) is 5.79. The number of likely N-dealkylation sites (N-methyl/N-ethyl adjacent to an activating group) is 1. The van der Waals surface area contributed by atoms with Gasteiger partial charge in [-0.3, -0.25) is 19.3 Å². The van der Waals surface area contributed by atoms with E-state index < -0.39 is 12.1 Å². The fourth-order valence-electron chi connectivity index (χ4n) is 3.42. The Bertz CT molecular complexity index is 683. The molecule has 1 atom stereocenters. The summed E-state index contributed by atoms with van der Waals surface area (Å²) in [6, 6.07) is 7.00. The SMILES string of the molecule is CCN(CC(=O)O)C1CCN(C(=O)C(C)Oc2cccc(C(C)=O)c2)CC1. The van der Waals surface area contributed by atoms with E-state index in [2.05, 4.69) is 0 Å². The third-order valence-corrected chi connectivity index (χ3v) is 4.94. The molecule has 0 bridgehead atoms. The number of carboxylic acids is 1. The van der Waals surface area contributed by atoms with E-state index in [1.807, 2.05) is 11.8 Å². The summed E-state index contributed by atoms with van der Waals surface area (Å²) >= 11 is 0. The molecule has 1 N–H and O–H groups in total. The van der Waals surface area contributed by atoms with E-state index in [0.29, 0.717) is 30.9 Å². The first kappa shape index (κ1) is 20.9. The van der Waals surface area contributed by atoms with Gasteiger partial charge in [-0.15, -0.1) is 0 Å². The first-order valence-corrected chi connectivity index (χ1v) is 9.34. The molecule has 7 heteroatoms. The second-order valence-corrected chi connectivity index (χ2v) is 6.86. The van der Waals surface area contributed by atoms with Gasteiger partial charge in [-0.05, 0) is 45.4 Å². The summed E-state index contributed by atoms with van der Waals surface area (Å²) in [6.07, 6.45) is 0.851. The van der Waals surface area contributed by atoms with Gasteiger partial charge in [-0.2, -0.15) is 0 Å². The largest absolute Gasteiger partial charge is 0.481 e. The molecule has 1 amide bonds. The number of piperidine rings is 1. The van der Waals surface area contributed by atoms with Gasteiger partial charge in [0.15, 0.2) is 11.9 Å². The number of rotatable bonds is 8. The van der Waals surface area contributed by atoms with Crippen LogP contribution in [0, 0.1) is 0 Å². The van der Waals surface area contributed by atoms with E-state index in [0.717, 1.165) is 12.8 Å². The Morgan fingerprint density at radius 3 is 2.52 bits per heavy atom. The second-order valence-electron chi connectivity index (χ2n) is 6.86. The number of carboxylic acid groups (broad SMARTS) is 1. The number of hydrogen-bond acceptors (Lipinski definition) is 5. The zero-order valence-corrected chi connectivity index (χ0v) is 16.2. The highest BCUT2D eigenvalue weighted by Crippen LogP contribution is 2.20. The number of carbonyl (C=O) groups is 3. The molecular weight excluding hydrogens is 348 g/mol. The van der Waals surface area contributed by atoms with Crippen LogP contribution in [0.1, 0.15) is 44.0 Å². The lowest BCUT2D eigenvalue weighted by atomic mass is 10.0. The van der Waals surface area contributed by atoms with Crippen molar-refractivity contribution in [2.45, 2.75) is 45.8 Å². The third-order valence-electron chi connectivity index (χ3n) is 4.94. The van der Waals surface area contributed by atoms with Crippen molar-refractivity contribution >= 4 is 17.7 Å². The van der Waals surface area contributed by atoms with Crippen LogP contribution < -0.4 is 4.74 Å². The van der Waals surface area contributed by atoms with Crippen molar-refractivity contribution in [3.63, 3.8) is 0 Å². The quantitative estimate of drug-likeness (QED) is 0.699. The number of likely N-dealkylation sites (tertiary alicyclic amines) is 1. The number of amides is 1. The number of Topliss-reactive ketones (excluding diaryl/α,β-unsaturated/α-hetero) is 1. The van der Waals surface area contributed by atoms with E-state index in [1.165, 1.54) is 6.92 Å². The minimum atomic E-state index is -0.829. The first-order chi connectivity index (χ1) is 12.8. The van der Waals surface area contributed by atoms with Crippen LogP contribution in [0.25, 0.3) is 0 Å². The normalized spacial score (nSPS) is 16.2. The summed E-state index contributed by atoms with van der Waals surface area (Å²) in [4.78, 5) is 38.8. The molecule has 0 saturated carbocycles. The van der Waals surface area contributed by atoms with E-state index in [1.54, 1.807) is 36.1 Å². The number of aliphatic carboxylic acids is 1. The van der Waals surface area contributed by atoms with Crippen LogP contribution >= 0.6 is 0 Å². The van der Waals surface area contributed by atoms with Crippen molar-refractivity contribution in [1.82, 2.24) is 9.80 Å². The Hall–Kier alpha value is -2.41. The second kappa shape index (κ2) is 9.50. The summed E-state index contributed by atoms with van der Waals surface area (Å²) < 4.78 is 5.74. The van der Waals surface area contributed by atoms with Gasteiger partial charge in [0, 0.05) is 24.7 Å². The maximum absolute atomic E-state index is 12.7. The average molecular weight is 376 g/mol. The van der Waals surface area contributed by atoms with Crippen molar-refractivity contribution in [1.29, 1.82) is 0 Å². The Morgan fingerprint density at radius 1 is 1.30 bits per heavy atom. The molecule has 0 spiro atoms. The van der Waals surface area contributed by atoms with Crippen LogP contribution in [0.5, 0.6) is 5.75 Å². The molecule has 1 aromatic carbocycles. The van der Waals surface area contributed by atoms with Gasteiger partial charge in [0.1, 0.15) is 5.75 Å². The molecule has 1 aromatic rings. The zero-order chi connectivity index (χ0) is 20.0. The van der Waals surface area contributed by atoms with E-state index in [9.17, 15) is 14.4 Å². The van der Waals surface area contributed by atoms with Crippen molar-refractivity contribution in [2.75, 3.05) is 26.2 Å². The highest BCUT2D eigenvalue weighted by Gasteiger charge is 2.29.